The summed E-state index contributed by atoms with van der Waals surface area (Å²) in [4.78, 5) is 17.0. The highest BCUT2D eigenvalue weighted by atomic mass is 16.5. The topological polar surface area (TPSA) is 54.0 Å². The van der Waals surface area contributed by atoms with Gasteiger partial charge in [0.25, 0.3) is 0 Å². The molecule has 2 atom stereocenters. The van der Waals surface area contributed by atoms with Crippen LogP contribution in [0.3, 0.4) is 0 Å². The van der Waals surface area contributed by atoms with Crippen LogP contribution in [0, 0.1) is 0 Å². The fraction of sp³-hybridized carbons (Fsp3) is 0.611. The fourth-order valence-electron chi connectivity index (χ4n) is 4.03. The van der Waals surface area contributed by atoms with E-state index in [2.05, 4.69) is 34.5 Å². The summed E-state index contributed by atoms with van der Waals surface area (Å²) in [7, 11) is 0. The molecule has 1 aromatic carbocycles. The maximum absolute atomic E-state index is 12.6. The van der Waals surface area contributed by atoms with Crippen LogP contribution in [0.25, 0.3) is 0 Å². The molecular weight excluding hydrogens is 306 g/mol. The Morgan fingerprint density at radius 1 is 1.00 bits per heavy atom. The third-order valence-electron chi connectivity index (χ3n) is 5.24. The predicted octanol–water partition coefficient (Wildman–Crippen LogP) is 1.03. The quantitative estimate of drug-likeness (QED) is 0.879. The molecule has 6 nitrogen and oxygen atoms in total. The standard InChI is InChI=1S/C18H25N3O3/c22-18(21-7-11-24-12-8-21)19-16-13-14-3-1-2-4-15(14)17(16)20-5-9-23-10-6-20/h1-4,16-17H,5-13H2,(H,19,22)/t16-,17+/m1/s1. The number of urea groups is 1. The summed E-state index contributed by atoms with van der Waals surface area (Å²) < 4.78 is 10.9. The first-order chi connectivity index (χ1) is 11.8. The summed E-state index contributed by atoms with van der Waals surface area (Å²) in [5.41, 5.74) is 2.70. The molecule has 3 aliphatic rings. The van der Waals surface area contributed by atoms with E-state index in [1.165, 1.54) is 11.1 Å². The Bertz CT molecular complexity index is 583. The summed E-state index contributed by atoms with van der Waals surface area (Å²) in [5, 5.41) is 3.29. The SMILES string of the molecule is O=C(N[C@@H]1Cc2ccccc2[C@@H]1N1CCOCC1)N1CCOCC1. The van der Waals surface area contributed by atoms with Gasteiger partial charge in [0.1, 0.15) is 0 Å². The number of carbonyl (C=O) groups is 1. The molecule has 2 aliphatic heterocycles. The third-order valence-corrected chi connectivity index (χ3v) is 5.24. The highest BCUT2D eigenvalue weighted by molar-refractivity contribution is 5.75. The molecule has 2 amide bonds. The average Bonchev–Trinajstić information content (AvgIpc) is 3.01. The molecule has 1 aromatic rings. The first-order valence-corrected chi connectivity index (χ1v) is 8.86. The minimum atomic E-state index is 0.0364. The van der Waals surface area contributed by atoms with Gasteiger partial charge in [0.05, 0.1) is 38.5 Å². The van der Waals surface area contributed by atoms with Crippen molar-refractivity contribution in [3.63, 3.8) is 0 Å². The highest BCUT2D eigenvalue weighted by Gasteiger charge is 2.38. The van der Waals surface area contributed by atoms with Gasteiger partial charge in [0, 0.05) is 26.2 Å². The van der Waals surface area contributed by atoms with E-state index in [4.69, 9.17) is 9.47 Å². The van der Waals surface area contributed by atoms with Crippen LogP contribution in [0.1, 0.15) is 17.2 Å². The predicted molar refractivity (Wildman–Crippen MR) is 90.0 cm³/mol. The zero-order valence-electron chi connectivity index (χ0n) is 13.9. The van der Waals surface area contributed by atoms with Gasteiger partial charge >= 0.3 is 6.03 Å². The lowest BCUT2D eigenvalue weighted by Crippen LogP contribution is -2.53. The third kappa shape index (κ3) is 3.14. The number of rotatable bonds is 2. The van der Waals surface area contributed by atoms with E-state index in [1.807, 2.05) is 4.90 Å². The van der Waals surface area contributed by atoms with Gasteiger partial charge in [-0.2, -0.15) is 0 Å². The van der Waals surface area contributed by atoms with Crippen LogP contribution < -0.4 is 5.32 Å². The Balaban J connectivity index is 1.51. The van der Waals surface area contributed by atoms with Crippen molar-refractivity contribution in [2.45, 2.75) is 18.5 Å². The van der Waals surface area contributed by atoms with E-state index in [0.717, 1.165) is 32.7 Å². The van der Waals surface area contributed by atoms with Gasteiger partial charge in [-0.1, -0.05) is 24.3 Å². The van der Waals surface area contributed by atoms with E-state index >= 15 is 0 Å². The molecule has 6 heteroatoms. The lowest BCUT2D eigenvalue weighted by molar-refractivity contribution is 0.00970. The van der Waals surface area contributed by atoms with Crippen LogP contribution in [-0.4, -0.2) is 74.5 Å². The van der Waals surface area contributed by atoms with Crippen molar-refractivity contribution >= 4 is 6.03 Å². The number of fused-ring (bicyclic) bond motifs is 1. The Labute approximate surface area is 142 Å². The molecule has 0 saturated carbocycles. The normalized spacial score (nSPS) is 27.8. The summed E-state index contributed by atoms with van der Waals surface area (Å²) in [5.74, 6) is 0. The molecule has 1 aliphatic carbocycles. The lowest BCUT2D eigenvalue weighted by atomic mass is 10.0. The van der Waals surface area contributed by atoms with Crippen molar-refractivity contribution in [1.82, 2.24) is 15.1 Å². The summed E-state index contributed by atoms with van der Waals surface area (Å²) >= 11 is 0. The van der Waals surface area contributed by atoms with Gasteiger partial charge in [0.2, 0.25) is 0 Å². The first kappa shape index (κ1) is 15.9. The zero-order chi connectivity index (χ0) is 16.4. The minimum Gasteiger partial charge on any atom is -0.379 e. The molecule has 0 spiro atoms. The van der Waals surface area contributed by atoms with Crippen molar-refractivity contribution in [3.05, 3.63) is 35.4 Å². The Morgan fingerprint density at radius 2 is 1.67 bits per heavy atom. The number of benzene rings is 1. The molecule has 0 aromatic heterocycles. The molecule has 2 heterocycles. The molecule has 0 unspecified atom stereocenters. The number of carbonyl (C=O) groups excluding carboxylic acids is 1. The minimum absolute atomic E-state index is 0.0364. The van der Waals surface area contributed by atoms with Crippen LogP contribution in [0.2, 0.25) is 0 Å². The maximum Gasteiger partial charge on any atom is 0.317 e. The average molecular weight is 331 g/mol. The monoisotopic (exact) mass is 331 g/mol. The van der Waals surface area contributed by atoms with E-state index < -0.39 is 0 Å². The highest BCUT2D eigenvalue weighted by Crippen LogP contribution is 2.36. The molecule has 24 heavy (non-hydrogen) atoms. The van der Waals surface area contributed by atoms with Gasteiger partial charge < -0.3 is 19.7 Å². The van der Waals surface area contributed by atoms with Gasteiger partial charge in [0.15, 0.2) is 0 Å². The summed E-state index contributed by atoms with van der Waals surface area (Å²) in [6, 6.07) is 8.97. The number of ether oxygens (including phenoxy) is 2. The van der Waals surface area contributed by atoms with Gasteiger partial charge in [-0.3, -0.25) is 4.90 Å². The molecule has 1 N–H and O–H groups in total. The summed E-state index contributed by atoms with van der Waals surface area (Å²) in [6.45, 7) is 5.98. The van der Waals surface area contributed by atoms with E-state index in [9.17, 15) is 4.79 Å². The number of morpholine rings is 2. The number of amides is 2. The summed E-state index contributed by atoms with van der Waals surface area (Å²) in [6.07, 6.45) is 0.897. The van der Waals surface area contributed by atoms with Crippen LogP contribution in [0.5, 0.6) is 0 Å². The first-order valence-electron chi connectivity index (χ1n) is 8.86. The zero-order valence-corrected chi connectivity index (χ0v) is 13.9. The molecule has 4 rings (SSSR count). The van der Waals surface area contributed by atoms with Gasteiger partial charge in [-0.15, -0.1) is 0 Å². The molecule has 2 saturated heterocycles. The molecular formula is C18H25N3O3. The molecule has 2 fully saturated rings. The van der Waals surface area contributed by atoms with Crippen molar-refractivity contribution < 1.29 is 14.3 Å². The smallest absolute Gasteiger partial charge is 0.317 e. The van der Waals surface area contributed by atoms with E-state index in [1.54, 1.807) is 0 Å². The fourth-order valence-corrected chi connectivity index (χ4v) is 4.03. The van der Waals surface area contributed by atoms with E-state index in [0.29, 0.717) is 26.3 Å². The van der Waals surface area contributed by atoms with E-state index in [-0.39, 0.29) is 18.1 Å². The number of hydrogen-bond donors (Lipinski definition) is 1. The second kappa shape index (κ2) is 7.09. The van der Waals surface area contributed by atoms with Gasteiger partial charge in [-0.25, -0.2) is 4.79 Å². The van der Waals surface area contributed by atoms with Gasteiger partial charge in [-0.05, 0) is 17.5 Å². The van der Waals surface area contributed by atoms with Crippen molar-refractivity contribution in [3.8, 4) is 0 Å². The van der Waals surface area contributed by atoms with Crippen LogP contribution in [-0.2, 0) is 15.9 Å². The van der Waals surface area contributed by atoms with Crippen LogP contribution in [0.15, 0.2) is 24.3 Å². The second-order valence-corrected chi connectivity index (χ2v) is 6.65. The van der Waals surface area contributed by atoms with Crippen molar-refractivity contribution in [1.29, 1.82) is 0 Å². The Kier molecular flexibility index (Phi) is 4.69. The molecule has 0 radical (unpaired) electrons. The maximum atomic E-state index is 12.6. The van der Waals surface area contributed by atoms with Crippen molar-refractivity contribution in [2.24, 2.45) is 0 Å². The molecule has 130 valence electrons. The molecule has 0 bridgehead atoms. The van der Waals surface area contributed by atoms with Crippen LogP contribution >= 0.6 is 0 Å². The lowest BCUT2D eigenvalue weighted by Gasteiger charge is -2.37. The number of nitrogens with one attached hydrogen (secondary N) is 1. The van der Waals surface area contributed by atoms with Crippen LogP contribution in [0.4, 0.5) is 4.79 Å². The Hall–Kier alpha value is -1.63. The van der Waals surface area contributed by atoms with Crippen molar-refractivity contribution in [2.75, 3.05) is 52.6 Å². The largest absolute Gasteiger partial charge is 0.379 e. The number of nitrogens with zero attached hydrogens (tertiary/aromatic N) is 2. The second-order valence-electron chi connectivity index (χ2n) is 6.65. The Morgan fingerprint density at radius 3 is 2.42 bits per heavy atom. The number of hydrogen-bond acceptors (Lipinski definition) is 4.